The highest BCUT2D eigenvalue weighted by Crippen LogP contribution is 2.34. The molecule has 2 aliphatic rings. The molecule has 7 heteroatoms. The SMILES string of the molecule is CC1COC(c2ccccc2)C(C)N1C(=O)c1ccc(NC2CC2)c([N+](=O)[O-])c1. The van der Waals surface area contributed by atoms with Crippen LogP contribution in [0.5, 0.6) is 0 Å². The van der Waals surface area contributed by atoms with Gasteiger partial charge in [0, 0.05) is 17.7 Å². The molecule has 2 aromatic carbocycles. The summed E-state index contributed by atoms with van der Waals surface area (Å²) in [6.07, 6.45) is 1.80. The van der Waals surface area contributed by atoms with Crippen molar-refractivity contribution in [2.24, 2.45) is 0 Å². The summed E-state index contributed by atoms with van der Waals surface area (Å²) in [5, 5.41) is 14.7. The predicted octanol–water partition coefficient (Wildman–Crippen LogP) is 4.16. The van der Waals surface area contributed by atoms with Crippen molar-refractivity contribution in [3.63, 3.8) is 0 Å². The molecule has 1 amide bonds. The number of benzene rings is 2. The van der Waals surface area contributed by atoms with Crippen molar-refractivity contribution in [2.45, 2.75) is 50.9 Å². The maximum atomic E-state index is 13.3. The number of nitrogens with one attached hydrogen (secondary N) is 1. The van der Waals surface area contributed by atoms with Crippen LogP contribution in [0.2, 0.25) is 0 Å². The average molecular weight is 395 g/mol. The molecule has 1 heterocycles. The molecule has 1 saturated carbocycles. The van der Waals surface area contributed by atoms with Crippen molar-refractivity contribution in [1.29, 1.82) is 0 Å². The number of nitro groups is 1. The van der Waals surface area contributed by atoms with Gasteiger partial charge >= 0.3 is 0 Å². The van der Waals surface area contributed by atoms with Gasteiger partial charge in [-0.15, -0.1) is 0 Å². The molecule has 29 heavy (non-hydrogen) atoms. The van der Waals surface area contributed by atoms with Gasteiger partial charge in [0.25, 0.3) is 11.6 Å². The van der Waals surface area contributed by atoms with Gasteiger partial charge in [0.1, 0.15) is 11.8 Å². The third-order valence-corrected chi connectivity index (χ3v) is 5.61. The van der Waals surface area contributed by atoms with Crippen LogP contribution in [0, 0.1) is 10.1 Å². The Balaban J connectivity index is 1.61. The maximum Gasteiger partial charge on any atom is 0.293 e. The molecule has 1 aliphatic heterocycles. The summed E-state index contributed by atoms with van der Waals surface area (Å²) in [4.78, 5) is 26.3. The average Bonchev–Trinajstić information content (AvgIpc) is 3.53. The smallest absolute Gasteiger partial charge is 0.293 e. The number of carbonyl (C=O) groups excluding carboxylic acids is 1. The fourth-order valence-electron chi connectivity index (χ4n) is 3.95. The van der Waals surface area contributed by atoms with Crippen LogP contribution in [0.3, 0.4) is 0 Å². The van der Waals surface area contributed by atoms with Gasteiger partial charge in [-0.3, -0.25) is 14.9 Å². The number of hydrogen-bond donors (Lipinski definition) is 1. The van der Waals surface area contributed by atoms with E-state index >= 15 is 0 Å². The van der Waals surface area contributed by atoms with Crippen LogP contribution in [0.4, 0.5) is 11.4 Å². The first-order valence-corrected chi connectivity index (χ1v) is 10.00. The number of anilines is 1. The molecule has 0 bridgehead atoms. The Hall–Kier alpha value is -2.93. The number of amides is 1. The summed E-state index contributed by atoms with van der Waals surface area (Å²) < 4.78 is 6.02. The molecule has 2 fully saturated rings. The third kappa shape index (κ3) is 3.96. The molecule has 0 radical (unpaired) electrons. The number of carbonyl (C=O) groups is 1. The van der Waals surface area contributed by atoms with Gasteiger partial charge in [-0.05, 0) is 44.4 Å². The lowest BCUT2D eigenvalue weighted by molar-refractivity contribution is -0.384. The van der Waals surface area contributed by atoms with Crippen LogP contribution >= 0.6 is 0 Å². The van der Waals surface area contributed by atoms with Crippen molar-refractivity contribution in [3.05, 3.63) is 69.8 Å². The quantitative estimate of drug-likeness (QED) is 0.607. The summed E-state index contributed by atoms with van der Waals surface area (Å²) >= 11 is 0. The molecule has 1 aliphatic carbocycles. The molecule has 3 unspecified atom stereocenters. The lowest BCUT2D eigenvalue weighted by atomic mass is 9.97. The Morgan fingerprint density at radius 3 is 2.55 bits per heavy atom. The van der Waals surface area contributed by atoms with Gasteiger partial charge in [-0.2, -0.15) is 0 Å². The molecule has 3 atom stereocenters. The van der Waals surface area contributed by atoms with Crippen LogP contribution in [0.1, 0.15) is 48.7 Å². The first-order valence-electron chi connectivity index (χ1n) is 10.00. The third-order valence-electron chi connectivity index (χ3n) is 5.61. The summed E-state index contributed by atoms with van der Waals surface area (Å²) in [6.45, 7) is 4.31. The fraction of sp³-hybridized carbons (Fsp3) is 0.409. The molecule has 0 spiro atoms. The van der Waals surface area contributed by atoms with E-state index in [0.29, 0.717) is 23.9 Å². The molecule has 4 rings (SSSR count). The van der Waals surface area contributed by atoms with Gasteiger partial charge in [0.05, 0.1) is 23.6 Å². The second-order valence-corrected chi connectivity index (χ2v) is 7.87. The lowest BCUT2D eigenvalue weighted by Gasteiger charge is -2.43. The maximum absolute atomic E-state index is 13.3. The number of rotatable bonds is 5. The topological polar surface area (TPSA) is 84.7 Å². The second kappa shape index (κ2) is 7.83. The number of nitro benzene ring substituents is 1. The van der Waals surface area contributed by atoms with Gasteiger partial charge in [0.2, 0.25) is 0 Å². The first-order chi connectivity index (χ1) is 14.0. The standard InChI is InChI=1S/C22H25N3O4/c1-14-13-29-21(16-6-4-3-5-7-16)15(2)24(14)22(26)17-8-11-19(23-18-9-10-18)20(12-17)25(27)28/h3-8,11-12,14-15,18,21,23H,9-10,13H2,1-2H3. The minimum absolute atomic E-state index is 0.0593. The van der Waals surface area contributed by atoms with E-state index in [-0.39, 0.29) is 29.8 Å². The van der Waals surface area contributed by atoms with Crippen molar-refractivity contribution in [3.8, 4) is 0 Å². The normalized spacial score (nSPS) is 24.2. The highest BCUT2D eigenvalue weighted by molar-refractivity contribution is 5.96. The molecular weight excluding hydrogens is 370 g/mol. The van der Waals surface area contributed by atoms with Crippen molar-refractivity contribution in [1.82, 2.24) is 4.90 Å². The van der Waals surface area contributed by atoms with Crippen molar-refractivity contribution in [2.75, 3.05) is 11.9 Å². The molecule has 7 nitrogen and oxygen atoms in total. The Morgan fingerprint density at radius 2 is 1.90 bits per heavy atom. The summed E-state index contributed by atoms with van der Waals surface area (Å²) in [6, 6.07) is 14.5. The zero-order valence-electron chi connectivity index (χ0n) is 16.6. The van der Waals surface area contributed by atoms with Crippen molar-refractivity contribution < 1.29 is 14.5 Å². The van der Waals surface area contributed by atoms with Gasteiger partial charge < -0.3 is 15.0 Å². The number of nitrogens with zero attached hydrogens (tertiary/aromatic N) is 2. The largest absolute Gasteiger partial charge is 0.377 e. The molecule has 1 N–H and O–H groups in total. The van der Waals surface area contributed by atoms with Crippen LogP contribution in [0.15, 0.2) is 48.5 Å². The van der Waals surface area contributed by atoms with E-state index in [9.17, 15) is 14.9 Å². The second-order valence-electron chi connectivity index (χ2n) is 7.87. The first kappa shape index (κ1) is 19.4. The van der Waals surface area contributed by atoms with Crippen LogP contribution in [-0.2, 0) is 4.74 Å². The number of ether oxygens (including phenoxy) is 1. The fourth-order valence-corrected chi connectivity index (χ4v) is 3.95. The van der Waals surface area contributed by atoms with E-state index in [1.165, 1.54) is 6.07 Å². The van der Waals surface area contributed by atoms with E-state index < -0.39 is 4.92 Å². The summed E-state index contributed by atoms with van der Waals surface area (Å²) in [7, 11) is 0. The monoisotopic (exact) mass is 395 g/mol. The minimum atomic E-state index is -0.430. The summed E-state index contributed by atoms with van der Waals surface area (Å²) in [5.74, 6) is -0.213. The Labute approximate surface area is 169 Å². The van der Waals surface area contributed by atoms with E-state index in [2.05, 4.69) is 5.32 Å². The zero-order chi connectivity index (χ0) is 20.5. The predicted molar refractivity (Wildman–Crippen MR) is 110 cm³/mol. The Kier molecular flexibility index (Phi) is 5.24. The van der Waals surface area contributed by atoms with Crippen LogP contribution < -0.4 is 5.32 Å². The van der Waals surface area contributed by atoms with E-state index in [4.69, 9.17) is 4.74 Å². The van der Waals surface area contributed by atoms with Crippen LogP contribution in [-0.4, -0.2) is 40.5 Å². The van der Waals surface area contributed by atoms with E-state index in [1.54, 1.807) is 17.0 Å². The van der Waals surface area contributed by atoms with Gasteiger partial charge in [-0.1, -0.05) is 30.3 Å². The molecule has 2 aromatic rings. The number of morpholine rings is 1. The molecule has 1 saturated heterocycles. The lowest BCUT2D eigenvalue weighted by Crippen LogP contribution is -2.53. The molecule has 152 valence electrons. The zero-order valence-corrected chi connectivity index (χ0v) is 16.6. The Bertz CT molecular complexity index is 914. The van der Waals surface area contributed by atoms with Gasteiger partial charge in [0.15, 0.2) is 0 Å². The highest BCUT2D eigenvalue weighted by Gasteiger charge is 2.38. The number of hydrogen-bond acceptors (Lipinski definition) is 5. The Morgan fingerprint density at radius 1 is 1.17 bits per heavy atom. The van der Waals surface area contributed by atoms with E-state index in [0.717, 1.165) is 18.4 Å². The molecule has 0 aromatic heterocycles. The molecular formula is C22H25N3O4. The van der Waals surface area contributed by atoms with Crippen molar-refractivity contribution >= 4 is 17.3 Å². The van der Waals surface area contributed by atoms with Gasteiger partial charge in [-0.25, -0.2) is 0 Å². The van der Waals surface area contributed by atoms with Crippen LogP contribution in [0.25, 0.3) is 0 Å². The minimum Gasteiger partial charge on any atom is -0.377 e. The van der Waals surface area contributed by atoms with E-state index in [1.807, 2.05) is 44.2 Å². The highest BCUT2D eigenvalue weighted by atomic mass is 16.6. The summed E-state index contributed by atoms with van der Waals surface area (Å²) in [5.41, 5.74) is 1.75.